The van der Waals surface area contributed by atoms with Crippen molar-refractivity contribution in [2.45, 2.75) is 328 Å². The highest BCUT2D eigenvalue weighted by molar-refractivity contribution is 7.47. The van der Waals surface area contributed by atoms with Crippen LogP contribution >= 0.6 is 7.82 Å². The summed E-state index contributed by atoms with van der Waals surface area (Å²) >= 11 is 0. The van der Waals surface area contributed by atoms with Gasteiger partial charge < -0.3 is 20.1 Å². The molecule has 0 aromatic heterocycles. The Kier molecular flexibility index (Phi) is 64.0. The van der Waals surface area contributed by atoms with E-state index in [-0.39, 0.29) is 38.6 Å². The summed E-state index contributed by atoms with van der Waals surface area (Å²) in [5, 5.41) is 0. The normalized spacial score (nSPS) is 13.5. The highest BCUT2D eigenvalue weighted by Gasteiger charge is 2.26. The molecule has 0 heterocycles. The number of allylic oxidation sites excluding steroid dienone is 14. The Morgan fingerprint density at radius 3 is 1.01 bits per heavy atom. The molecule has 0 aliphatic carbocycles. The second-order valence-corrected chi connectivity index (χ2v) is 24.1. The summed E-state index contributed by atoms with van der Waals surface area (Å²) in [6, 6.07) is 0. The first-order chi connectivity index (χ1) is 39.8. The maximum absolute atomic E-state index is 12.7. The molecule has 0 aromatic rings. The van der Waals surface area contributed by atoms with Crippen molar-refractivity contribution in [3.8, 4) is 0 Å². The van der Waals surface area contributed by atoms with Crippen LogP contribution < -0.4 is 5.73 Å². The van der Waals surface area contributed by atoms with E-state index >= 15 is 0 Å². The van der Waals surface area contributed by atoms with Gasteiger partial charge in [-0.1, -0.05) is 304 Å². The molecule has 2 unspecified atom stereocenters. The monoisotopic (exact) mass is 1150 g/mol. The first-order valence-corrected chi connectivity index (χ1v) is 35.6. The fourth-order valence-electron chi connectivity index (χ4n) is 9.76. The Morgan fingerprint density at radius 2 is 0.679 bits per heavy atom. The average molecular weight is 1150 g/mol. The molecule has 0 bridgehead atoms. The predicted octanol–water partition coefficient (Wildman–Crippen LogP) is 22.2. The van der Waals surface area contributed by atoms with Gasteiger partial charge in [-0.2, -0.15) is 0 Å². The first-order valence-electron chi connectivity index (χ1n) is 34.1. The number of esters is 2. The lowest BCUT2D eigenvalue weighted by Crippen LogP contribution is -2.29. The summed E-state index contributed by atoms with van der Waals surface area (Å²) in [6.45, 7) is 3.65. The van der Waals surface area contributed by atoms with Gasteiger partial charge in [-0.05, 0) is 89.9 Å². The van der Waals surface area contributed by atoms with E-state index in [0.717, 1.165) is 83.5 Å². The molecule has 0 spiro atoms. The number of carbonyl (C=O) groups excluding carboxylic acids is 2. The number of hydrogen-bond acceptors (Lipinski definition) is 8. The van der Waals surface area contributed by atoms with Crippen LogP contribution in [0, 0.1) is 0 Å². The van der Waals surface area contributed by atoms with Crippen molar-refractivity contribution in [3.63, 3.8) is 0 Å². The summed E-state index contributed by atoms with van der Waals surface area (Å²) in [6.07, 6.45) is 88.2. The smallest absolute Gasteiger partial charge is 0.462 e. The number of unbranched alkanes of at least 4 members (excludes halogenated alkanes) is 37. The van der Waals surface area contributed by atoms with E-state index in [4.69, 9.17) is 24.3 Å². The van der Waals surface area contributed by atoms with Gasteiger partial charge in [-0.3, -0.25) is 18.6 Å². The fourth-order valence-corrected chi connectivity index (χ4v) is 10.5. The number of phosphoric acid groups is 1. The highest BCUT2D eigenvalue weighted by atomic mass is 31.2. The van der Waals surface area contributed by atoms with E-state index in [0.29, 0.717) is 6.42 Å². The lowest BCUT2D eigenvalue weighted by Gasteiger charge is -2.19. The molecule has 2 atom stereocenters. The van der Waals surface area contributed by atoms with Crippen LogP contribution in [-0.2, 0) is 32.7 Å². The third-order valence-electron chi connectivity index (χ3n) is 14.8. The third-order valence-corrected chi connectivity index (χ3v) is 15.7. The summed E-state index contributed by atoms with van der Waals surface area (Å²) < 4.78 is 33.1. The van der Waals surface area contributed by atoms with Gasteiger partial charge in [0, 0.05) is 19.4 Å². The zero-order valence-corrected chi connectivity index (χ0v) is 53.7. The fraction of sp³-hybridized carbons (Fsp3) is 0.775. The average Bonchev–Trinajstić information content (AvgIpc) is 3.46. The number of ether oxygens (including phenoxy) is 2. The molecule has 0 rings (SSSR count). The third kappa shape index (κ3) is 66.2. The van der Waals surface area contributed by atoms with Gasteiger partial charge in [-0.15, -0.1) is 0 Å². The number of hydrogen-bond donors (Lipinski definition) is 2. The molecular formula is C71H128NO8P. The largest absolute Gasteiger partial charge is 0.472 e. The van der Waals surface area contributed by atoms with Crippen LogP contribution in [0.4, 0.5) is 0 Å². The van der Waals surface area contributed by atoms with E-state index in [1.54, 1.807) is 0 Å². The zero-order valence-electron chi connectivity index (χ0n) is 52.8. The SMILES string of the molecule is CC/C=C\C/C=C\C/C=C\C/C=C\CCCCCCCCCCCCC(=O)OC(COC(=O)CCCCCCCCCCCCCCCCCCCCCCCC/C=C\C/C=C\C/C=C\CCCCCCC)COP(=O)(O)OCCN. The molecule has 10 heteroatoms. The highest BCUT2D eigenvalue weighted by Crippen LogP contribution is 2.43. The molecule has 3 N–H and O–H groups in total. The maximum atomic E-state index is 12.7. The summed E-state index contributed by atoms with van der Waals surface area (Å²) in [7, 11) is -4.40. The quantitative estimate of drug-likeness (QED) is 0.0264. The minimum atomic E-state index is -4.40. The second-order valence-electron chi connectivity index (χ2n) is 22.7. The molecule has 0 saturated heterocycles. The van der Waals surface area contributed by atoms with Gasteiger partial charge in [0.15, 0.2) is 6.10 Å². The summed E-state index contributed by atoms with van der Waals surface area (Å²) in [5.41, 5.74) is 5.40. The molecule has 0 aromatic carbocycles. The minimum absolute atomic E-state index is 0.0510. The summed E-state index contributed by atoms with van der Waals surface area (Å²) in [5.74, 6) is -0.823. The molecular weight excluding hydrogens is 1030 g/mol. The number of nitrogens with two attached hydrogens (primary N) is 1. The molecule has 0 radical (unpaired) electrons. The van der Waals surface area contributed by atoms with Crippen molar-refractivity contribution in [1.82, 2.24) is 0 Å². The number of phosphoric ester groups is 1. The van der Waals surface area contributed by atoms with E-state index in [9.17, 15) is 19.0 Å². The molecule has 0 amide bonds. The Balaban J connectivity index is 3.83. The molecule has 9 nitrogen and oxygen atoms in total. The van der Waals surface area contributed by atoms with Crippen molar-refractivity contribution in [2.24, 2.45) is 5.73 Å². The molecule has 0 aliphatic rings. The maximum Gasteiger partial charge on any atom is 0.472 e. The predicted molar refractivity (Wildman–Crippen MR) is 349 cm³/mol. The first kappa shape index (κ1) is 78.2. The van der Waals surface area contributed by atoms with Crippen LogP contribution in [0.3, 0.4) is 0 Å². The van der Waals surface area contributed by atoms with Crippen LogP contribution in [-0.4, -0.2) is 49.3 Å². The van der Waals surface area contributed by atoms with E-state index < -0.39 is 26.5 Å². The Labute approximate surface area is 500 Å². The van der Waals surface area contributed by atoms with Crippen molar-refractivity contribution < 1.29 is 37.6 Å². The lowest BCUT2D eigenvalue weighted by molar-refractivity contribution is -0.161. The standard InChI is InChI=1S/C71H128NO8P/c1-3-5-7-9-11-13-15-17-19-21-23-25-27-28-29-30-31-32-33-34-35-36-37-38-39-40-42-43-45-47-49-51-53-55-57-59-61-63-70(73)77-67-69(68-79-81(75,76)78-66-65-72)80-71(74)64-62-60-58-56-54-52-50-48-46-44-41-26-24-22-20-18-16-14-12-10-8-6-4-2/h6,8,12,14-15,17-18,20-21,23-24,26-28,69H,3-5,7,9-11,13,16,19,22,25,29-68,72H2,1-2H3,(H,75,76)/b8-6-,14-12-,17-15-,20-18-,23-21-,26-24-,28-27-. The van der Waals surface area contributed by atoms with Gasteiger partial charge in [0.25, 0.3) is 0 Å². The molecule has 470 valence electrons. The van der Waals surface area contributed by atoms with Gasteiger partial charge in [0.2, 0.25) is 0 Å². The molecule has 0 fully saturated rings. The topological polar surface area (TPSA) is 134 Å². The Hall–Kier alpha value is -2.81. The van der Waals surface area contributed by atoms with Crippen molar-refractivity contribution in [1.29, 1.82) is 0 Å². The molecule has 81 heavy (non-hydrogen) atoms. The number of rotatable bonds is 64. The molecule has 0 aliphatic heterocycles. The van der Waals surface area contributed by atoms with E-state index in [2.05, 4.69) is 98.9 Å². The Bertz CT molecular complexity index is 1600. The summed E-state index contributed by atoms with van der Waals surface area (Å²) in [4.78, 5) is 35.3. The number of carbonyl (C=O) groups is 2. The van der Waals surface area contributed by atoms with Gasteiger partial charge >= 0.3 is 19.8 Å². The van der Waals surface area contributed by atoms with Crippen LogP contribution in [0.2, 0.25) is 0 Å². The molecule has 0 saturated carbocycles. The van der Waals surface area contributed by atoms with E-state index in [1.807, 2.05) is 0 Å². The van der Waals surface area contributed by atoms with Gasteiger partial charge in [0.1, 0.15) is 6.61 Å². The lowest BCUT2D eigenvalue weighted by atomic mass is 10.0. The zero-order chi connectivity index (χ0) is 58.7. The Morgan fingerprint density at radius 1 is 0.383 bits per heavy atom. The van der Waals surface area contributed by atoms with Crippen molar-refractivity contribution in [2.75, 3.05) is 26.4 Å². The minimum Gasteiger partial charge on any atom is -0.462 e. The van der Waals surface area contributed by atoms with Crippen molar-refractivity contribution >= 4 is 19.8 Å². The van der Waals surface area contributed by atoms with Gasteiger partial charge in [0.05, 0.1) is 13.2 Å². The van der Waals surface area contributed by atoms with E-state index in [1.165, 1.54) is 205 Å². The van der Waals surface area contributed by atoms with Gasteiger partial charge in [-0.25, -0.2) is 4.57 Å². The van der Waals surface area contributed by atoms with Crippen molar-refractivity contribution in [3.05, 3.63) is 85.1 Å². The second kappa shape index (κ2) is 66.3. The van der Waals surface area contributed by atoms with Crippen LogP contribution in [0.25, 0.3) is 0 Å². The van der Waals surface area contributed by atoms with Crippen LogP contribution in [0.5, 0.6) is 0 Å². The van der Waals surface area contributed by atoms with Crippen LogP contribution in [0.1, 0.15) is 322 Å². The van der Waals surface area contributed by atoms with Crippen LogP contribution in [0.15, 0.2) is 85.1 Å².